The average molecular weight is 246 g/mol. The summed E-state index contributed by atoms with van der Waals surface area (Å²) in [5.74, 6) is 2.37. The highest BCUT2D eigenvalue weighted by Gasteiger charge is 2.21. The Morgan fingerprint density at radius 2 is 1.78 bits per heavy atom. The molecule has 0 fully saturated rings. The van der Waals surface area contributed by atoms with Crippen LogP contribution in [-0.4, -0.2) is 19.9 Å². The Kier molecular flexibility index (Phi) is 3.28. The molecule has 0 spiro atoms. The molecule has 0 amide bonds. The predicted molar refractivity (Wildman–Crippen MR) is 73.7 cm³/mol. The van der Waals surface area contributed by atoms with Gasteiger partial charge in [0.2, 0.25) is 0 Å². The number of benzene rings is 1. The summed E-state index contributed by atoms with van der Waals surface area (Å²) >= 11 is 0. The first-order valence-corrected chi connectivity index (χ1v) is 5.87. The van der Waals surface area contributed by atoms with Crippen LogP contribution in [0.15, 0.2) is 29.5 Å². The first-order chi connectivity index (χ1) is 8.56. The third-order valence-corrected chi connectivity index (χ3v) is 2.88. The van der Waals surface area contributed by atoms with Crippen LogP contribution in [0.1, 0.15) is 19.4 Å². The van der Waals surface area contributed by atoms with Crippen LogP contribution in [0.25, 0.3) is 0 Å². The first-order valence-electron chi connectivity index (χ1n) is 5.87. The lowest BCUT2D eigenvalue weighted by molar-refractivity contribution is 0.355. The van der Waals surface area contributed by atoms with Crippen molar-refractivity contribution in [2.24, 2.45) is 10.9 Å². The van der Waals surface area contributed by atoms with E-state index in [4.69, 9.17) is 9.47 Å². The van der Waals surface area contributed by atoms with Gasteiger partial charge >= 0.3 is 0 Å². The van der Waals surface area contributed by atoms with Gasteiger partial charge in [-0.05, 0) is 12.0 Å². The third-order valence-electron chi connectivity index (χ3n) is 2.88. The third kappa shape index (κ3) is 2.06. The van der Waals surface area contributed by atoms with E-state index in [1.54, 1.807) is 14.2 Å². The maximum Gasteiger partial charge on any atom is 0.162 e. The van der Waals surface area contributed by atoms with E-state index in [0.29, 0.717) is 23.2 Å². The Bertz CT molecular complexity index is 519. The van der Waals surface area contributed by atoms with Crippen LogP contribution in [0.2, 0.25) is 0 Å². The fourth-order valence-electron chi connectivity index (χ4n) is 2.02. The van der Waals surface area contributed by atoms with Gasteiger partial charge in [-0.15, -0.1) is 0 Å². The van der Waals surface area contributed by atoms with Crippen LogP contribution in [0.5, 0.6) is 11.5 Å². The lowest BCUT2D eigenvalue weighted by atomic mass is 9.96. The molecule has 1 aromatic carbocycles. The van der Waals surface area contributed by atoms with Gasteiger partial charge in [-0.1, -0.05) is 20.4 Å². The monoisotopic (exact) mass is 246 g/mol. The second-order valence-corrected chi connectivity index (χ2v) is 4.48. The van der Waals surface area contributed by atoms with Gasteiger partial charge in [0.05, 0.1) is 25.6 Å². The summed E-state index contributed by atoms with van der Waals surface area (Å²) in [4.78, 5) is 4.47. The van der Waals surface area contributed by atoms with E-state index in [2.05, 4.69) is 30.7 Å². The Labute approximate surface area is 107 Å². The molecule has 4 heteroatoms. The SMILES string of the molecule is C=C1N=C(C(C)C)c2cc(OC)c(OC)cc2N1. The quantitative estimate of drug-likeness (QED) is 0.891. The zero-order valence-corrected chi connectivity index (χ0v) is 11.2. The van der Waals surface area contributed by atoms with Crippen molar-refractivity contribution in [3.8, 4) is 11.5 Å². The molecule has 96 valence electrons. The zero-order valence-electron chi connectivity index (χ0n) is 11.2. The minimum atomic E-state index is 0.320. The Balaban J connectivity index is 2.60. The highest BCUT2D eigenvalue weighted by molar-refractivity contribution is 6.09. The van der Waals surface area contributed by atoms with Gasteiger partial charge in [0, 0.05) is 11.6 Å². The van der Waals surface area contributed by atoms with Gasteiger partial charge in [-0.3, -0.25) is 0 Å². The molecule has 1 aliphatic rings. The molecular weight excluding hydrogens is 228 g/mol. The fraction of sp³-hybridized carbons (Fsp3) is 0.357. The minimum Gasteiger partial charge on any atom is -0.493 e. The number of aliphatic imine (C=N–C) groups is 1. The molecule has 1 aliphatic heterocycles. The van der Waals surface area contributed by atoms with E-state index < -0.39 is 0 Å². The molecule has 0 saturated carbocycles. The highest BCUT2D eigenvalue weighted by Crippen LogP contribution is 2.37. The molecule has 4 nitrogen and oxygen atoms in total. The average Bonchev–Trinajstić information content (AvgIpc) is 2.35. The van der Waals surface area contributed by atoms with Crippen molar-refractivity contribution < 1.29 is 9.47 Å². The van der Waals surface area contributed by atoms with Gasteiger partial charge < -0.3 is 14.8 Å². The fourth-order valence-corrected chi connectivity index (χ4v) is 2.02. The number of ether oxygens (including phenoxy) is 2. The normalized spacial score (nSPS) is 13.8. The molecule has 1 N–H and O–H groups in total. The van der Waals surface area contributed by atoms with E-state index in [0.717, 1.165) is 17.0 Å². The van der Waals surface area contributed by atoms with Gasteiger partial charge in [-0.2, -0.15) is 0 Å². The van der Waals surface area contributed by atoms with Crippen LogP contribution in [0, 0.1) is 5.92 Å². The summed E-state index contributed by atoms with van der Waals surface area (Å²) < 4.78 is 10.6. The van der Waals surface area contributed by atoms with E-state index >= 15 is 0 Å². The van der Waals surface area contributed by atoms with Gasteiger partial charge in [0.15, 0.2) is 11.5 Å². The lowest BCUT2D eigenvalue weighted by Crippen LogP contribution is -2.18. The Morgan fingerprint density at radius 1 is 1.17 bits per heavy atom. The van der Waals surface area contributed by atoms with Crippen molar-refractivity contribution in [3.63, 3.8) is 0 Å². The predicted octanol–water partition coefficient (Wildman–Crippen LogP) is 3.05. The molecule has 0 saturated heterocycles. The standard InChI is InChI=1S/C14H18N2O2/c1-8(2)14-10-6-12(17-4)13(18-5)7-11(10)15-9(3)16-14/h6-8,15H,3H2,1-2,4-5H3. The van der Waals surface area contributed by atoms with Gasteiger partial charge in [-0.25, -0.2) is 4.99 Å². The molecule has 18 heavy (non-hydrogen) atoms. The van der Waals surface area contributed by atoms with Crippen molar-refractivity contribution in [1.82, 2.24) is 0 Å². The Morgan fingerprint density at radius 3 is 2.33 bits per heavy atom. The summed E-state index contributed by atoms with van der Waals surface area (Å²) in [7, 11) is 3.25. The van der Waals surface area contributed by atoms with E-state index in [1.807, 2.05) is 12.1 Å². The second-order valence-electron chi connectivity index (χ2n) is 4.48. The van der Waals surface area contributed by atoms with E-state index in [1.165, 1.54) is 0 Å². The summed E-state index contributed by atoms with van der Waals surface area (Å²) in [5, 5.41) is 3.15. The second kappa shape index (κ2) is 4.72. The van der Waals surface area contributed by atoms with Crippen LogP contribution in [0.3, 0.4) is 0 Å². The minimum absolute atomic E-state index is 0.320. The van der Waals surface area contributed by atoms with Crippen molar-refractivity contribution in [2.75, 3.05) is 19.5 Å². The summed E-state index contributed by atoms with van der Waals surface area (Å²) in [6.45, 7) is 8.09. The number of anilines is 1. The maximum atomic E-state index is 5.33. The molecule has 1 aromatic rings. The van der Waals surface area contributed by atoms with E-state index in [-0.39, 0.29) is 0 Å². The largest absolute Gasteiger partial charge is 0.493 e. The van der Waals surface area contributed by atoms with Crippen molar-refractivity contribution in [2.45, 2.75) is 13.8 Å². The smallest absolute Gasteiger partial charge is 0.162 e. The molecular formula is C14H18N2O2. The molecule has 0 aromatic heterocycles. The molecule has 2 rings (SSSR count). The molecule has 1 heterocycles. The molecule has 0 unspecified atom stereocenters. The zero-order chi connectivity index (χ0) is 13.3. The molecule has 0 bridgehead atoms. The molecule has 0 aliphatic carbocycles. The number of fused-ring (bicyclic) bond motifs is 1. The summed E-state index contributed by atoms with van der Waals surface area (Å²) in [5.41, 5.74) is 3.00. The number of nitrogens with one attached hydrogen (secondary N) is 1. The highest BCUT2D eigenvalue weighted by atomic mass is 16.5. The summed E-state index contributed by atoms with van der Waals surface area (Å²) in [6, 6.07) is 3.86. The Hall–Kier alpha value is -1.97. The van der Waals surface area contributed by atoms with Gasteiger partial charge in [0.1, 0.15) is 5.82 Å². The van der Waals surface area contributed by atoms with Crippen LogP contribution < -0.4 is 14.8 Å². The number of methoxy groups -OCH3 is 2. The topological polar surface area (TPSA) is 42.9 Å². The van der Waals surface area contributed by atoms with Crippen LogP contribution >= 0.6 is 0 Å². The van der Waals surface area contributed by atoms with Crippen molar-refractivity contribution >= 4 is 11.4 Å². The maximum absolute atomic E-state index is 5.33. The van der Waals surface area contributed by atoms with Crippen LogP contribution in [0.4, 0.5) is 5.69 Å². The number of nitrogens with zero attached hydrogens (tertiary/aromatic N) is 1. The summed E-state index contributed by atoms with van der Waals surface area (Å²) in [6.07, 6.45) is 0. The van der Waals surface area contributed by atoms with E-state index in [9.17, 15) is 0 Å². The molecule has 0 radical (unpaired) electrons. The number of hydrogen-bond donors (Lipinski definition) is 1. The number of hydrogen-bond acceptors (Lipinski definition) is 4. The lowest BCUT2D eigenvalue weighted by Gasteiger charge is -2.23. The van der Waals surface area contributed by atoms with Crippen molar-refractivity contribution in [1.29, 1.82) is 0 Å². The van der Waals surface area contributed by atoms with Gasteiger partial charge in [0.25, 0.3) is 0 Å². The molecule has 0 atom stereocenters. The van der Waals surface area contributed by atoms with Crippen LogP contribution in [-0.2, 0) is 0 Å². The first kappa shape index (κ1) is 12.5. The number of rotatable bonds is 3. The van der Waals surface area contributed by atoms with Crippen molar-refractivity contribution in [3.05, 3.63) is 30.1 Å².